The Morgan fingerprint density at radius 3 is 2.12 bits per heavy atom. The lowest BCUT2D eigenvalue weighted by Gasteiger charge is -2.37. The van der Waals surface area contributed by atoms with Crippen molar-refractivity contribution in [3.63, 3.8) is 0 Å². The van der Waals surface area contributed by atoms with E-state index in [4.69, 9.17) is 23.2 Å². The second kappa shape index (κ2) is 7.45. The van der Waals surface area contributed by atoms with Crippen molar-refractivity contribution in [2.45, 2.75) is 13.3 Å². The van der Waals surface area contributed by atoms with Crippen LogP contribution in [0.3, 0.4) is 0 Å². The molecular weight excluding hydrogens is 343 g/mol. The molecule has 5 heteroatoms. The number of halogens is 2. The molecule has 0 spiro atoms. The van der Waals surface area contributed by atoms with Crippen LogP contribution in [-0.4, -0.2) is 37.0 Å². The van der Waals surface area contributed by atoms with Gasteiger partial charge in [0.25, 0.3) is 0 Å². The summed E-state index contributed by atoms with van der Waals surface area (Å²) >= 11 is 12.6. The van der Waals surface area contributed by atoms with Gasteiger partial charge in [0.05, 0.1) is 22.2 Å². The Morgan fingerprint density at radius 1 is 0.958 bits per heavy atom. The van der Waals surface area contributed by atoms with Gasteiger partial charge in [-0.3, -0.25) is 4.79 Å². The van der Waals surface area contributed by atoms with E-state index in [1.54, 1.807) is 0 Å². The van der Waals surface area contributed by atoms with Gasteiger partial charge in [-0.05, 0) is 24.6 Å². The fourth-order valence-corrected chi connectivity index (χ4v) is 3.60. The molecule has 1 saturated heterocycles. The number of carbonyl (C=O) groups is 1. The maximum atomic E-state index is 12.5. The first kappa shape index (κ1) is 17.1. The SMILES string of the molecule is Cc1ccc(CC(=O)N2CCN(c3c(Cl)cccc3Cl)CC2)cc1. The molecule has 2 aromatic rings. The van der Waals surface area contributed by atoms with E-state index in [1.165, 1.54) is 5.56 Å². The highest BCUT2D eigenvalue weighted by Gasteiger charge is 2.23. The fourth-order valence-electron chi connectivity index (χ4n) is 2.96. The zero-order valence-corrected chi connectivity index (χ0v) is 15.1. The van der Waals surface area contributed by atoms with Crippen LogP contribution in [0.15, 0.2) is 42.5 Å². The number of piperazine rings is 1. The summed E-state index contributed by atoms with van der Waals surface area (Å²) in [5.41, 5.74) is 3.13. The maximum absolute atomic E-state index is 12.5. The van der Waals surface area contributed by atoms with Crippen LogP contribution >= 0.6 is 23.2 Å². The van der Waals surface area contributed by atoms with Crippen LogP contribution in [0.25, 0.3) is 0 Å². The van der Waals surface area contributed by atoms with E-state index in [9.17, 15) is 4.79 Å². The Balaban J connectivity index is 1.60. The zero-order valence-electron chi connectivity index (χ0n) is 13.6. The summed E-state index contributed by atoms with van der Waals surface area (Å²) in [7, 11) is 0. The third kappa shape index (κ3) is 3.85. The first-order valence-electron chi connectivity index (χ1n) is 8.07. The Morgan fingerprint density at radius 2 is 1.54 bits per heavy atom. The van der Waals surface area contributed by atoms with Crippen molar-refractivity contribution in [3.05, 3.63) is 63.6 Å². The maximum Gasteiger partial charge on any atom is 0.227 e. The van der Waals surface area contributed by atoms with Crippen LogP contribution in [-0.2, 0) is 11.2 Å². The van der Waals surface area contributed by atoms with Crippen LogP contribution in [0.4, 0.5) is 5.69 Å². The molecule has 1 aliphatic heterocycles. The molecule has 0 aromatic heterocycles. The van der Waals surface area contributed by atoms with Gasteiger partial charge in [0, 0.05) is 26.2 Å². The van der Waals surface area contributed by atoms with E-state index in [0.29, 0.717) is 29.6 Å². The summed E-state index contributed by atoms with van der Waals surface area (Å²) < 4.78 is 0. The molecule has 0 unspecified atom stereocenters. The molecule has 0 aliphatic carbocycles. The fraction of sp³-hybridized carbons (Fsp3) is 0.316. The molecule has 24 heavy (non-hydrogen) atoms. The largest absolute Gasteiger partial charge is 0.366 e. The number of para-hydroxylation sites is 1. The Labute approximate surface area is 152 Å². The van der Waals surface area contributed by atoms with Crippen molar-refractivity contribution < 1.29 is 4.79 Å². The van der Waals surface area contributed by atoms with E-state index in [0.717, 1.165) is 24.3 Å². The molecule has 1 fully saturated rings. The van der Waals surface area contributed by atoms with Crippen LogP contribution in [0.1, 0.15) is 11.1 Å². The van der Waals surface area contributed by atoms with Gasteiger partial charge in [-0.25, -0.2) is 0 Å². The zero-order chi connectivity index (χ0) is 17.1. The lowest BCUT2D eigenvalue weighted by Crippen LogP contribution is -2.49. The van der Waals surface area contributed by atoms with Gasteiger partial charge in [0.15, 0.2) is 0 Å². The van der Waals surface area contributed by atoms with Crippen molar-refractivity contribution in [1.82, 2.24) is 4.90 Å². The quantitative estimate of drug-likeness (QED) is 0.816. The molecule has 1 heterocycles. The highest BCUT2D eigenvalue weighted by molar-refractivity contribution is 6.39. The monoisotopic (exact) mass is 362 g/mol. The summed E-state index contributed by atoms with van der Waals surface area (Å²) in [5.74, 6) is 0.170. The predicted molar refractivity (Wildman–Crippen MR) is 100 cm³/mol. The third-order valence-electron chi connectivity index (χ3n) is 4.36. The predicted octanol–water partition coefficient (Wildman–Crippen LogP) is 4.19. The van der Waals surface area contributed by atoms with Gasteiger partial charge in [-0.15, -0.1) is 0 Å². The topological polar surface area (TPSA) is 23.6 Å². The Kier molecular flexibility index (Phi) is 5.32. The highest BCUT2D eigenvalue weighted by Crippen LogP contribution is 2.34. The second-order valence-electron chi connectivity index (χ2n) is 6.10. The average molecular weight is 363 g/mol. The molecule has 1 amide bonds. The molecule has 0 saturated carbocycles. The molecule has 1 aliphatic rings. The van der Waals surface area contributed by atoms with Crippen molar-refractivity contribution in [3.8, 4) is 0 Å². The number of benzene rings is 2. The number of carbonyl (C=O) groups excluding carboxylic acids is 1. The highest BCUT2D eigenvalue weighted by atomic mass is 35.5. The normalized spacial score (nSPS) is 14.8. The minimum absolute atomic E-state index is 0.170. The third-order valence-corrected chi connectivity index (χ3v) is 4.97. The van der Waals surface area contributed by atoms with Gasteiger partial charge >= 0.3 is 0 Å². The van der Waals surface area contributed by atoms with Crippen LogP contribution < -0.4 is 4.90 Å². The van der Waals surface area contributed by atoms with Crippen LogP contribution in [0.2, 0.25) is 10.0 Å². The van der Waals surface area contributed by atoms with Crippen molar-refractivity contribution in [1.29, 1.82) is 0 Å². The van der Waals surface area contributed by atoms with E-state index >= 15 is 0 Å². The van der Waals surface area contributed by atoms with Gasteiger partial charge in [0.2, 0.25) is 5.91 Å². The van der Waals surface area contributed by atoms with Crippen molar-refractivity contribution in [2.75, 3.05) is 31.1 Å². The molecule has 0 radical (unpaired) electrons. The molecule has 0 N–H and O–H groups in total. The number of nitrogens with zero attached hydrogens (tertiary/aromatic N) is 2. The van der Waals surface area contributed by atoms with Gasteiger partial charge in [-0.2, -0.15) is 0 Å². The number of rotatable bonds is 3. The summed E-state index contributed by atoms with van der Waals surface area (Å²) in [6.07, 6.45) is 0.452. The lowest BCUT2D eigenvalue weighted by atomic mass is 10.1. The first-order valence-corrected chi connectivity index (χ1v) is 8.82. The van der Waals surface area contributed by atoms with E-state index in [2.05, 4.69) is 4.90 Å². The summed E-state index contributed by atoms with van der Waals surface area (Å²) in [4.78, 5) is 16.6. The summed E-state index contributed by atoms with van der Waals surface area (Å²) in [5, 5.41) is 1.31. The van der Waals surface area contributed by atoms with Gasteiger partial charge in [0.1, 0.15) is 0 Å². The van der Waals surface area contributed by atoms with E-state index in [1.807, 2.05) is 54.3 Å². The number of hydrogen-bond acceptors (Lipinski definition) is 2. The number of amides is 1. The molecule has 126 valence electrons. The molecule has 3 rings (SSSR count). The smallest absolute Gasteiger partial charge is 0.227 e. The number of aryl methyl sites for hydroxylation is 1. The minimum atomic E-state index is 0.170. The van der Waals surface area contributed by atoms with Gasteiger partial charge < -0.3 is 9.80 Å². The molecule has 0 atom stereocenters. The standard InChI is InChI=1S/C19H20Cl2N2O/c1-14-5-7-15(8-6-14)13-18(24)22-9-11-23(12-10-22)19-16(20)3-2-4-17(19)21/h2-8H,9-13H2,1H3. The summed E-state index contributed by atoms with van der Waals surface area (Å²) in [6.45, 7) is 4.90. The van der Waals surface area contributed by atoms with Crippen molar-refractivity contribution in [2.24, 2.45) is 0 Å². The number of anilines is 1. The Hall–Kier alpha value is -1.71. The lowest BCUT2D eigenvalue weighted by molar-refractivity contribution is -0.130. The van der Waals surface area contributed by atoms with E-state index in [-0.39, 0.29) is 5.91 Å². The van der Waals surface area contributed by atoms with Crippen molar-refractivity contribution >= 4 is 34.8 Å². The molecule has 0 bridgehead atoms. The van der Waals surface area contributed by atoms with Crippen LogP contribution in [0, 0.1) is 6.92 Å². The minimum Gasteiger partial charge on any atom is -0.366 e. The molecule has 2 aromatic carbocycles. The van der Waals surface area contributed by atoms with Crippen LogP contribution in [0.5, 0.6) is 0 Å². The second-order valence-corrected chi connectivity index (χ2v) is 6.91. The first-order chi connectivity index (χ1) is 11.5. The molecular formula is C19H20Cl2N2O. The number of hydrogen-bond donors (Lipinski definition) is 0. The van der Waals surface area contributed by atoms with Gasteiger partial charge in [-0.1, -0.05) is 59.1 Å². The van der Waals surface area contributed by atoms with E-state index < -0.39 is 0 Å². The molecule has 3 nitrogen and oxygen atoms in total. The average Bonchev–Trinajstić information content (AvgIpc) is 2.57. The Bertz CT molecular complexity index is 702. The summed E-state index contributed by atoms with van der Waals surface area (Å²) in [6, 6.07) is 13.7.